The van der Waals surface area contributed by atoms with Gasteiger partial charge in [-0.05, 0) is 38.0 Å². The van der Waals surface area contributed by atoms with Crippen LogP contribution in [0.3, 0.4) is 0 Å². The summed E-state index contributed by atoms with van der Waals surface area (Å²) in [6.07, 6.45) is 1.43. The molecule has 1 fully saturated rings. The van der Waals surface area contributed by atoms with Crippen molar-refractivity contribution < 1.29 is 17.5 Å². The maximum Gasteiger partial charge on any atom is 0.243 e. The summed E-state index contributed by atoms with van der Waals surface area (Å²) in [7, 11) is -3.73. The summed E-state index contributed by atoms with van der Waals surface area (Å²) in [4.78, 5) is -0.0578. The van der Waals surface area contributed by atoms with Gasteiger partial charge in [-0.3, -0.25) is 0 Å². The Morgan fingerprint density at radius 3 is 2.95 bits per heavy atom. The number of benzene rings is 1. The second kappa shape index (κ2) is 6.52. The number of halogens is 1. The average Bonchev–Trinajstić information content (AvgIpc) is 2.48. The highest BCUT2D eigenvalue weighted by Gasteiger charge is 2.30. The Kier molecular flexibility index (Phi) is 4.93. The molecule has 2 rings (SSSR count). The average molecular weight is 312 g/mol. The SMILES string of the molecule is CCOC1CCCN(S(=O)(=O)c2ccc(F)c(C#N)c2)C1. The summed E-state index contributed by atoms with van der Waals surface area (Å²) in [5, 5.41) is 8.81. The molecule has 1 atom stereocenters. The smallest absolute Gasteiger partial charge is 0.243 e. The topological polar surface area (TPSA) is 70.4 Å². The quantitative estimate of drug-likeness (QED) is 0.851. The fourth-order valence-electron chi connectivity index (χ4n) is 2.39. The largest absolute Gasteiger partial charge is 0.377 e. The number of ether oxygens (including phenoxy) is 1. The number of hydrogen-bond acceptors (Lipinski definition) is 4. The highest BCUT2D eigenvalue weighted by atomic mass is 32.2. The van der Waals surface area contributed by atoms with Crippen molar-refractivity contribution in [1.82, 2.24) is 4.31 Å². The molecular formula is C14H17FN2O3S. The molecule has 0 amide bonds. The lowest BCUT2D eigenvalue weighted by atomic mass is 10.1. The van der Waals surface area contributed by atoms with Gasteiger partial charge in [0.25, 0.3) is 0 Å². The van der Waals surface area contributed by atoms with Crippen LogP contribution in [0.4, 0.5) is 4.39 Å². The van der Waals surface area contributed by atoms with Crippen LogP contribution in [-0.2, 0) is 14.8 Å². The van der Waals surface area contributed by atoms with Gasteiger partial charge in [0.05, 0.1) is 16.6 Å². The third kappa shape index (κ3) is 3.40. The molecular weight excluding hydrogens is 295 g/mol. The molecule has 21 heavy (non-hydrogen) atoms. The molecule has 1 unspecified atom stereocenters. The van der Waals surface area contributed by atoms with Crippen LogP contribution in [0.15, 0.2) is 23.1 Å². The lowest BCUT2D eigenvalue weighted by Gasteiger charge is -2.31. The van der Waals surface area contributed by atoms with Crippen molar-refractivity contribution in [2.24, 2.45) is 0 Å². The maximum absolute atomic E-state index is 13.3. The summed E-state index contributed by atoms with van der Waals surface area (Å²) < 4.78 is 45.3. The van der Waals surface area contributed by atoms with Gasteiger partial charge in [0.1, 0.15) is 11.9 Å². The number of piperidine rings is 1. The van der Waals surface area contributed by atoms with Crippen molar-refractivity contribution in [3.8, 4) is 6.07 Å². The van der Waals surface area contributed by atoms with E-state index < -0.39 is 15.8 Å². The first-order valence-electron chi connectivity index (χ1n) is 6.80. The van der Waals surface area contributed by atoms with E-state index in [1.807, 2.05) is 6.92 Å². The summed E-state index contributed by atoms with van der Waals surface area (Å²) in [6, 6.07) is 4.94. The molecule has 114 valence electrons. The van der Waals surface area contributed by atoms with Gasteiger partial charge in [-0.1, -0.05) is 0 Å². The minimum absolute atomic E-state index is 0.0578. The second-order valence-corrected chi connectivity index (χ2v) is 6.77. The van der Waals surface area contributed by atoms with E-state index >= 15 is 0 Å². The second-order valence-electron chi connectivity index (χ2n) is 4.84. The predicted octanol–water partition coefficient (Wildman–Crippen LogP) is 1.89. The lowest BCUT2D eigenvalue weighted by molar-refractivity contribution is 0.0265. The van der Waals surface area contributed by atoms with Crippen molar-refractivity contribution in [1.29, 1.82) is 5.26 Å². The molecule has 1 saturated heterocycles. The Morgan fingerprint density at radius 2 is 2.29 bits per heavy atom. The van der Waals surface area contributed by atoms with E-state index in [4.69, 9.17) is 10.00 Å². The molecule has 1 aliphatic rings. The number of rotatable bonds is 4. The molecule has 1 heterocycles. The Hall–Kier alpha value is -1.49. The van der Waals surface area contributed by atoms with E-state index in [-0.39, 0.29) is 23.1 Å². The van der Waals surface area contributed by atoms with Crippen LogP contribution in [0.5, 0.6) is 0 Å². The Bertz CT molecular complexity index is 653. The highest BCUT2D eigenvalue weighted by Crippen LogP contribution is 2.23. The molecule has 0 N–H and O–H groups in total. The monoisotopic (exact) mass is 312 g/mol. The number of nitrogens with zero attached hydrogens (tertiary/aromatic N) is 2. The first kappa shape index (κ1) is 15.9. The molecule has 1 aromatic rings. The van der Waals surface area contributed by atoms with E-state index in [9.17, 15) is 12.8 Å². The van der Waals surface area contributed by atoms with Crippen LogP contribution >= 0.6 is 0 Å². The first-order chi connectivity index (χ1) is 9.98. The molecule has 0 spiro atoms. The zero-order valence-corrected chi connectivity index (χ0v) is 12.6. The molecule has 1 aliphatic heterocycles. The van der Waals surface area contributed by atoms with Gasteiger partial charge >= 0.3 is 0 Å². The summed E-state index contributed by atoms with van der Waals surface area (Å²) in [6.45, 7) is 3.10. The highest BCUT2D eigenvalue weighted by molar-refractivity contribution is 7.89. The van der Waals surface area contributed by atoms with Gasteiger partial charge in [-0.15, -0.1) is 0 Å². The normalized spacial score (nSPS) is 20.1. The van der Waals surface area contributed by atoms with E-state index in [1.165, 1.54) is 10.4 Å². The standard InChI is InChI=1S/C14H17FN2O3S/c1-2-20-12-4-3-7-17(10-12)21(18,19)13-5-6-14(15)11(8-13)9-16/h5-6,8,12H,2-4,7,10H2,1H3. The fourth-order valence-corrected chi connectivity index (χ4v) is 3.93. The molecule has 0 bridgehead atoms. The molecule has 1 aromatic carbocycles. The summed E-state index contributed by atoms with van der Waals surface area (Å²) in [5.41, 5.74) is -0.269. The van der Waals surface area contributed by atoms with E-state index in [0.717, 1.165) is 25.0 Å². The van der Waals surface area contributed by atoms with Gasteiger partial charge in [-0.25, -0.2) is 12.8 Å². The molecule has 5 nitrogen and oxygen atoms in total. The van der Waals surface area contributed by atoms with Crippen LogP contribution in [-0.4, -0.2) is 38.5 Å². The third-order valence-electron chi connectivity index (χ3n) is 3.44. The molecule has 0 aromatic heterocycles. The predicted molar refractivity (Wildman–Crippen MR) is 74.5 cm³/mol. The van der Waals surface area contributed by atoms with Gasteiger partial charge in [0.15, 0.2) is 0 Å². The Morgan fingerprint density at radius 1 is 1.52 bits per heavy atom. The van der Waals surface area contributed by atoms with Crippen molar-refractivity contribution >= 4 is 10.0 Å². The maximum atomic E-state index is 13.3. The third-order valence-corrected chi connectivity index (χ3v) is 5.30. The summed E-state index contributed by atoms with van der Waals surface area (Å²) in [5.74, 6) is -0.720. The van der Waals surface area contributed by atoms with E-state index in [2.05, 4.69) is 0 Å². The number of nitriles is 1. The van der Waals surface area contributed by atoms with Gasteiger partial charge in [0, 0.05) is 19.7 Å². The van der Waals surface area contributed by atoms with Crippen LogP contribution in [0.2, 0.25) is 0 Å². The molecule has 7 heteroatoms. The van der Waals surface area contributed by atoms with Crippen LogP contribution in [0, 0.1) is 17.1 Å². The fraction of sp³-hybridized carbons (Fsp3) is 0.500. The van der Waals surface area contributed by atoms with Gasteiger partial charge in [-0.2, -0.15) is 9.57 Å². The van der Waals surface area contributed by atoms with Gasteiger partial charge < -0.3 is 4.74 Å². The zero-order valence-electron chi connectivity index (χ0n) is 11.8. The zero-order chi connectivity index (χ0) is 15.5. The van der Waals surface area contributed by atoms with Gasteiger partial charge in [0.2, 0.25) is 10.0 Å². The van der Waals surface area contributed by atoms with Crippen molar-refractivity contribution in [2.45, 2.75) is 30.8 Å². The molecule has 0 radical (unpaired) electrons. The van der Waals surface area contributed by atoms with Crippen LogP contribution in [0.1, 0.15) is 25.3 Å². The minimum Gasteiger partial charge on any atom is -0.377 e. The molecule has 0 saturated carbocycles. The van der Waals surface area contributed by atoms with Crippen LogP contribution in [0.25, 0.3) is 0 Å². The first-order valence-corrected chi connectivity index (χ1v) is 8.24. The number of sulfonamides is 1. The Labute approximate surface area is 124 Å². The van der Waals surface area contributed by atoms with Crippen molar-refractivity contribution in [2.75, 3.05) is 19.7 Å². The summed E-state index contributed by atoms with van der Waals surface area (Å²) >= 11 is 0. The minimum atomic E-state index is -3.73. The number of hydrogen-bond donors (Lipinski definition) is 0. The van der Waals surface area contributed by atoms with Crippen molar-refractivity contribution in [3.05, 3.63) is 29.6 Å². The van der Waals surface area contributed by atoms with E-state index in [1.54, 1.807) is 6.07 Å². The van der Waals surface area contributed by atoms with E-state index in [0.29, 0.717) is 13.2 Å². The van der Waals surface area contributed by atoms with Crippen molar-refractivity contribution in [3.63, 3.8) is 0 Å². The lowest BCUT2D eigenvalue weighted by Crippen LogP contribution is -2.43. The molecule has 0 aliphatic carbocycles. The van der Waals surface area contributed by atoms with Crippen LogP contribution < -0.4 is 0 Å². The Balaban J connectivity index is 2.27.